The molecule has 0 saturated heterocycles. The van der Waals surface area contributed by atoms with Crippen molar-refractivity contribution >= 4 is 21.9 Å². The SMILES string of the molecule is C=CCC(C)(Br)C(=O)O. The second-order valence-electron chi connectivity index (χ2n) is 2.00. The van der Waals surface area contributed by atoms with E-state index in [1.165, 1.54) is 0 Å². The summed E-state index contributed by atoms with van der Waals surface area (Å²) in [5.74, 6) is -0.859. The molecule has 0 aromatic carbocycles. The number of allylic oxidation sites excluding steroid dienone is 1. The maximum Gasteiger partial charge on any atom is 0.320 e. The Morgan fingerprint density at radius 3 is 2.56 bits per heavy atom. The quantitative estimate of drug-likeness (QED) is 0.548. The normalized spacial score (nSPS) is 16.2. The van der Waals surface area contributed by atoms with Crippen molar-refractivity contribution in [3.8, 4) is 0 Å². The molecule has 0 fully saturated rings. The van der Waals surface area contributed by atoms with E-state index in [-0.39, 0.29) is 0 Å². The van der Waals surface area contributed by atoms with Gasteiger partial charge in [0.05, 0.1) is 0 Å². The van der Waals surface area contributed by atoms with Crippen LogP contribution in [-0.2, 0) is 4.79 Å². The zero-order valence-corrected chi connectivity index (χ0v) is 6.81. The predicted octanol–water partition coefficient (Wildman–Crippen LogP) is 1.80. The van der Waals surface area contributed by atoms with Gasteiger partial charge in [-0.15, -0.1) is 6.58 Å². The van der Waals surface area contributed by atoms with Crippen LogP contribution in [0.4, 0.5) is 0 Å². The number of hydrogen-bond acceptors (Lipinski definition) is 1. The first-order valence-corrected chi connectivity index (χ1v) is 3.33. The van der Waals surface area contributed by atoms with E-state index in [1.54, 1.807) is 13.0 Å². The van der Waals surface area contributed by atoms with E-state index in [2.05, 4.69) is 22.5 Å². The van der Waals surface area contributed by atoms with Gasteiger partial charge in [-0.05, 0) is 13.3 Å². The van der Waals surface area contributed by atoms with Gasteiger partial charge < -0.3 is 5.11 Å². The van der Waals surface area contributed by atoms with Gasteiger partial charge in [0.1, 0.15) is 4.32 Å². The van der Waals surface area contributed by atoms with Crippen LogP contribution in [0.5, 0.6) is 0 Å². The molecule has 0 aliphatic rings. The van der Waals surface area contributed by atoms with Crippen molar-refractivity contribution in [2.45, 2.75) is 17.7 Å². The van der Waals surface area contributed by atoms with Crippen LogP contribution >= 0.6 is 15.9 Å². The maximum absolute atomic E-state index is 10.3. The highest BCUT2D eigenvalue weighted by Gasteiger charge is 2.27. The molecule has 1 atom stereocenters. The third kappa shape index (κ3) is 2.65. The monoisotopic (exact) mass is 192 g/mol. The van der Waals surface area contributed by atoms with Gasteiger partial charge in [-0.3, -0.25) is 4.79 Å². The first-order chi connectivity index (χ1) is 4.00. The minimum absolute atomic E-state index is 0.433. The van der Waals surface area contributed by atoms with Crippen molar-refractivity contribution in [1.29, 1.82) is 0 Å². The summed E-state index contributed by atoms with van der Waals surface area (Å²) in [6.07, 6.45) is 2.01. The molecule has 0 aliphatic carbocycles. The Labute approximate surface area is 62.7 Å². The summed E-state index contributed by atoms with van der Waals surface area (Å²) in [5.41, 5.74) is 0. The zero-order chi connectivity index (χ0) is 7.49. The Balaban J connectivity index is 4.00. The molecular weight excluding hydrogens is 184 g/mol. The molecule has 0 aromatic rings. The lowest BCUT2D eigenvalue weighted by molar-refractivity contribution is -0.139. The van der Waals surface area contributed by atoms with E-state index in [0.29, 0.717) is 6.42 Å². The summed E-state index contributed by atoms with van der Waals surface area (Å²) in [6.45, 7) is 5.03. The Morgan fingerprint density at radius 1 is 2.00 bits per heavy atom. The minimum atomic E-state index is -0.859. The fraction of sp³-hybridized carbons (Fsp3) is 0.500. The third-order valence-electron chi connectivity index (χ3n) is 0.974. The van der Waals surface area contributed by atoms with Crippen molar-refractivity contribution in [2.24, 2.45) is 0 Å². The van der Waals surface area contributed by atoms with Crippen LogP contribution in [-0.4, -0.2) is 15.4 Å². The van der Waals surface area contributed by atoms with Crippen LogP contribution in [0.2, 0.25) is 0 Å². The second-order valence-corrected chi connectivity index (χ2v) is 3.75. The zero-order valence-electron chi connectivity index (χ0n) is 5.22. The van der Waals surface area contributed by atoms with Crippen LogP contribution in [0.15, 0.2) is 12.7 Å². The van der Waals surface area contributed by atoms with Crippen LogP contribution in [0, 0.1) is 0 Å². The summed E-state index contributed by atoms with van der Waals surface area (Å²) >= 11 is 3.04. The standard InChI is InChI=1S/C6H9BrO2/c1-3-4-6(2,7)5(8)9/h3H,1,4H2,2H3,(H,8,9). The lowest BCUT2D eigenvalue weighted by Gasteiger charge is -2.12. The summed E-state index contributed by atoms with van der Waals surface area (Å²) in [7, 11) is 0. The second kappa shape index (κ2) is 3.01. The molecule has 1 N–H and O–H groups in total. The Hall–Kier alpha value is -0.310. The predicted molar refractivity (Wildman–Crippen MR) is 39.8 cm³/mol. The van der Waals surface area contributed by atoms with E-state index < -0.39 is 10.3 Å². The van der Waals surface area contributed by atoms with Gasteiger partial charge in [0.25, 0.3) is 0 Å². The van der Waals surface area contributed by atoms with Gasteiger partial charge in [0.2, 0.25) is 0 Å². The summed E-state index contributed by atoms with van der Waals surface area (Å²) < 4.78 is -0.839. The van der Waals surface area contributed by atoms with Crippen LogP contribution in [0.1, 0.15) is 13.3 Å². The first-order valence-electron chi connectivity index (χ1n) is 2.54. The Morgan fingerprint density at radius 2 is 2.44 bits per heavy atom. The van der Waals surface area contributed by atoms with Crippen molar-refractivity contribution < 1.29 is 9.90 Å². The van der Waals surface area contributed by atoms with Crippen LogP contribution < -0.4 is 0 Å². The molecule has 0 amide bonds. The van der Waals surface area contributed by atoms with Crippen molar-refractivity contribution in [2.75, 3.05) is 0 Å². The molecule has 52 valence electrons. The van der Waals surface area contributed by atoms with Crippen molar-refractivity contribution in [3.05, 3.63) is 12.7 Å². The van der Waals surface area contributed by atoms with Gasteiger partial charge >= 0.3 is 5.97 Å². The van der Waals surface area contributed by atoms with E-state index in [4.69, 9.17) is 5.11 Å². The molecule has 1 unspecified atom stereocenters. The molecule has 0 aromatic heterocycles. The highest BCUT2D eigenvalue weighted by atomic mass is 79.9. The van der Waals surface area contributed by atoms with E-state index in [9.17, 15) is 4.79 Å². The summed E-state index contributed by atoms with van der Waals surface area (Å²) in [5, 5.41) is 8.48. The number of halogens is 1. The highest BCUT2D eigenvalue weighted by molar-refractivity contribution is 9.10. The maximum atomic E-state index is 10.3. The number of hydrogen-bond donors (Lipinski definition) is 1. The molecule has 2 nitrogen and oxygen atoms in total. The molecule has 3 heteroatoms. The summed E-state index contributed by atoms with van der Waals surface area (Å²) in [4.78, 5) is 10.3. The molecule has 0 rings (SSSR count). The molecule has 0 spiro atoms. The number of carboxylic acid groups (broad SMARTS) is 1. The lowest BCUT2D eigenvalue weighted by atomic mass is 10.1. The van der Waals surface area contributed by atoms with Crippen molar-refractivity contribution in [3.63, 3.8) is 0 Å². The van der Waals surface area contributed by atoms with Crippen molar-refractivity contribution in [1.82, 2.24) is 0 Å². The topological polar surface area (TPSA) is 37.3 Å². The number of alkyl halides is 1. The largest absolute Gasteiger partial charge is 0.480 e. The van der Waals surface area contributed by atoms with Gasteiger partial charge in [-0.2, -0.15) is 0 Å². The molecule has 0 radical (unpaired) electrons. The molecule has 0 bridgehead atoms. The van der Waals surface area contributed by atoms with Crippen LogP contribution in [0.3, 0.4) is 0 Å². The van der Waals surface area contributed by atoms with Gasteiger partial charge in [0.15, 0.2) is 0 Å². The lowest BCUT2D eigenvalue weighted by Crippen LogP contribution is -2.26. The van der Waals surface area contributed by atoms with E-state index in [1.807, 2.05) is 0 Å². The molecule has 0 saturated carbocycles. The smallest absolute Gasteiger partial charge is 0.320 e. The highest BCUT2D eigenvalue weighted by Crippen LogP contribution is 2.21. The van der Waals surface area contributed by atoms with Gasteiger partial charge in [0, 0.05) is 0 Å². The summed E-state index contributed by atoms with van der Waals surface area (Å²) in [6, 6.07) is 0. The van der Waals surface area contributed by atoms with Gasteiger partial charge in [-0.25, -0.2) is 0 Å². The molecule has 0 heterocycles. The number of rotatable bonds is 3. The number of carboxylic acids is 1. The van der Waals surface area contributed by atoms with E-state index in [0.717, 1.165) is 0 Å². The molecular formula is C6H9BrO2. The fourth-order valence-corrected chi connectivity index (χ4v) is 0.587. The minimum Gasteiger partial charge on any atom is -0.480 e. The van der Waals surface area contributed by atoms with Gasteiger partial charge in [-0.1, -0.05) is 22.0 Å². The Bertz CT molecular complexity index is 129. The average molecular weight is 193 g/mol. The Kier molecular flexibility index (Phi) is 2.91. The third-order valence-corrected chi connectivity index (χ3v) is 1.64. The van der Waals surface area contributed by atoms with E-state index >= 15 is 0 Å². The average Bonchev–Trinajstić information content (AvgIpc) is 1.65. The first kappa shape index (κ1) is 8.69. The van der Waals surface area contributed by atoms with Crippen LogP contribution in [0.25, 0.3) is 0 Å². The molecule has 9 heavy (non-hydrogen) atoms. The molecule has 0 aliphatic heterocycles. The number of carbonyl (C=O) groups is 1. The number of aliphatic carboxylic acids is 1. The fourth-order valence-electron chi connectivity index (χ4n) is 0.358.